The first-order valence-electron chi connectivity index (χ1n) is 14.3. The fourth-order valence-corrected chi connectivity index (χ4v) is 6.10. The molecule has 2 aromatic heterocycles. The highest BCUT2D eigenvalue weighted by Gasteiger charge is 2.38. The van der Waals surface area contributed by atoms with E-state index in [0.717, 1.165) is 25.7 Å². The number of hydrogen-bond donors (Lipinski definition) is 2. The number of fused-ring (bicyclic) bond motifs is 1. The van der Waals surface area contributed by atoms with Crippen LogP contribution in [-0.2, 0) is 14.3 Å². The molecule has 1 aliphatic carbocycles. The molecule has 2 aliphatic heterocycles. The number of carbonyl (C=O) groups is 2. The van der Waals surface area contributed by atoms with Gasteiger partial charge in [0.2, 0.25) is 11.9 Å². The Hall–Kier alpha value is -4.07. The Morgan fingerprint density at radius 2 is 1.76 bits per heavy atom. The van der Waals surface area contributed by atoms with E-state index in [2.05, 4.69) is 25.3 Å². The molecule has 0 spiro atoms. The lowest BCUT2D eigenvalue weighted by Crippen LogP contribution is -2.46. The number of nitrogens with zero attached hydrogens (tertiary/aromatic N) is 6. The van der Waals surface area contributed by atoms with Crippen LogP contribution in [0.5, 0.6) is 0 Å². The van der Waals surface area contributed by atoms with Crippen LogP contribution in [-0.4, -0.2) is 94.5 Å². The largest absolute Gasteiger partial charge is 0.453 e. The van der Waals surface area contributed by atoms with Gasteiger partial charge in [-0.15, -0.1) is 0 Å². The van der Waals surface area contributed by atoms with E-state index in [1.54, 1.807) is 30.3 Å². The standard InChI is InChI=1S/C28H34F2N8O4/c1-41-28(40)33-20-10-11-37(26(20)39)18-8-6-17(7-9-18)31-27-34-22(36-12-14-42-15-13-36)16-23(35-27)38-21-5-3-2-4-19(21)32-25(38)24(29)30/h2-5,16-18,20,24H,6-15H2,1H3,(H,33,40)(H,31,34,35)/t17?,18?,20-/m0/s1. The summed E-state index contributed by atoms with van der Waals surface area (Å²) >= 11 is 0. The second-order valence-corrected chi connectivity index (χ2v) is 10.8. The van der Waals surface area contributed by atoms with Gasteiger partial charge in [-0.1, -0.05) is 12.1 Å². The van der Waals surface area contributed by atoms with Crippen LogP contribution in [0.1, 0.15) is 44.4 Å². The molecule has 42 heavy (non-hydrogen) atoms. The van der Waals surface area contributed by atoms with Crippen LogP contribution in [0.4, 0.5) is 25.3 Å². The fourth-order valence-electron chi connectivity index (χ4n) is 6.10. The van der Waals surface area contributed by atoms with Crippen LogP contribution in [0.25, 0.3) is 16.9 Å². The third-order valence-corrected chi connectivity index (χ3v) is 8.23. The van der Waals surface area contributed by atoms with E-state index in [1.165, 1.54) is 11.7 Å². The summed E-state index contributed by atoms with van der Waals surface area (Å²) in [4.78, 5) is 42.1. The lowest BCUT2D eigenvalue weighted by atomic mass is 9.90. The van der Waals surface area contributed by atoms with Crippen molar-refractivity contribution in [1.29, 1.82) is 0 Å². The second-order valence-electron chi connectivity index (χ2n) is 10.8. The van der Waals surface area contributed by atoms with E-state index < -0.39 is 18.6 Å². The third-order valence-electron chi connectivity index (χ3n) is 8.23. The predicted octanol–water partition coefficient (Wildman–Crippen LogP) is 3.27. The number of carbonyl (C=O) groups excluding carboxylic acids is 2. The molecule has 2 saturated heterocycles. The summed E-state index contributed by atoms with van der Waals surface area (Å²) in [7, 11) is 1.28. The molecule has 14 heteroatoms. The highest BCUT2D eigenvalue weighted by molar-refractivity contribution is 5.87. The smallest absolute Gasteiger partial charge is 0.407 e. The van der Waals surface area contributed by atoms with Crippen LogP contribution >= 0.6 is 0 Å². The zero-order chi connectivity index (χ0) is 29.2. The molecule has 3 aromatic rings. The van der Waals surface area contributed by atoms with Crippen molar-refractivity contribution >= 4 is 34.8 Å². The summed E-state index contributed by atoms with van der Waals surface area (Å²) in [6.45, 7) is 2.95. The van der Waals surface area contributed by atoms with Crippen molar-refractivity contribution in [2.24, 2.45) is 0 Å². The van der Waals surface area contributed by atoms with E-state index in [-0.39, 0.29) is 23.8 Å². The van der Waals surface area contributed by atoms with Gasteiger partial charge >= 0.3 is 6.09 Å². The van der Waals surface area contributed by atoms with Crippen molar-refractivity contribution in [2.75, 3.05) is 50.2 Å². The number of aromatic nitrogens is 4. The second kappa shape index (κ2) is 12.0. The maximum Gasteiger partial charge on any atom is 0.407 e. The minimum Gasteiger partial charge on any atom is -0.453 e. The number of alkyl halides is 2. The number of methoxy groups -OCH3 is 1. The van der Waals surface area contributed by atoms with Gasteiger partial charge in [0.25, 0.3) is 6.43 Å². The Balaban J connectivity index is 1.22. The number of amides is 2. The van der Waals surface area contributed by atoms with Gasteiger partial charge in [0, 0.05) is 37.8 Å². The van der Waals surface area contributed by atoms with Crippen LogP contribution in [0, 0.1) is 0 Å². The van der Waals surface area contributed by atoms with Gasteiger partial charge in [-0.3, -0.25) is 9.36 Å². The van der Waals surface area contributed by atoms with E-state index >= 15 is 0 Å². The highest BCUT2D eigenvalue weighted by atomic mass is 19.3. The SMILES string of the molecule is COC(=O)N[C@H]1CCN(C2CCC(Nc3nc(N4CCOCC4)cc(-n4c(C(F)F)nc5ccccc54)n3)CC2)C1=O. The predicted molar refractivity (Wildman–Crippen MR) is 150 cm³/mol. The fraction of sp³-hybridized carbons (Fsp3) is 0.536. The number of morpholine rings is 1. The molecule has 3 aliphatic rings. The first kappa shape index (κ1) is 28.1. The molecule has 12 nitrogen and oxygen atoms in total. The number of para-hydroxylation sites is 2. The monoisotopic (exact) mass is 584 g/mol. The van der Waals surface area contributed by atoms with Gasteiger partial charge in [0.05, 0.1) is 31.4 Å². The number of halogens is 2. The van der Waals surface area contributed by atoms with E-state index in [1.807, 2.05) is 4.90 Å². The summed E-state index contributed by atoms with van der Waals surface area (Å²) < 4.78 is 39.9. The highest BCUT2D eigenvalue weighted by Crippen LogP contribution is 2.31. The molecule has 2 amide bonds. The third kappa shape index (κ3) is 5.67. The summed E-state index contributed by atoms with van der Waals surface area (Å²) in [5.41, 5.74) is 1.01. The van der Waals surface area contributed by atoms with Crippen molar-refractivity contribution in [3.8, 4) is 5.82 Å². The molecule has 4 heterocycles. The molecule has 0 radical (unpaired) electrons. The van der Waals surface area contributed by atoms with Gasteiger partial charge in [-0.2, -0.15) is 9.97 Å². The van der Waals surface area contributed by atoms with Gasteiger partial charge in [0.15, 0.2) is 5.82 Å². The molecular weight excluding hydrogens is 550 g/mol. The number of nitrogens with one attached hydrogen (secondary N) is 2. The lowest BCUT2D eigenvalue weighted by molar-refractivity contribution is -0.131. The van der Waals surface area contributed by atoms with Gasteiger partial charge in [-0.05, 0) is 44.2 Å². The molecule has 1 saturated carbocycles. The topological polar surface area (TPSA) is 127 Å². The van der Waals surface area contributed by atoms with Crippen molar-refractivity contribution in [3.05, 3.63) is 36.2 Å². The van der Waals surface area contributed by atoms with E-state index in [4.69, 9.17) is 14.7 Å². The summed E-state index contributed by atoms with van der Waals surface area (Å²) in [5.74, 6) is 0.854. The van der Waals surface area contributed by atoms with Crippen molar-refractivity contribution < 1.29 is 27.8 Å². The number of benzene rings is 1. The van der Waals surface area contributed by atoms with Crippen LogP contribution < -0.4 is 15.5 Å². The maximum atomic E-state index is 14.2. The van der Waals surface area contributed by atoms with E-state index in [0.29, 0.717) is 67.9 Å². The molecule has 6 rings (SSSR count). The van der Waals surface area contributed by atoms with Crippen molar-refractivity contribution in [2.45, 2.75) is 56.7 Å². The molecule has 3 fully saturated rings. The molecule has 0 unspecified atom stereocenters. The number of likely N-dealkylation sites (tertiary alicyclic amines) is 1. The Morgan fingerprint density at radius 3 is 2.50 bits per heavy atom. The average Bonchev–Trinajstić information content (AvgIpc) is 3.58. The number of imidazole rings is 1. The number of hydrogen-bond acceptors (Lipinski definition) is 9. The minimum atomic E-state index is -2.79. The van der Waals surface area contributed by atoms with Gasteiger partial charge in [0.1, 0.15) is 17.7 Å². The Kier molecular flexibility index (Phi) is 8.05. The number of anilines is 2. The Labute approximate surface area is 241 Å². The molecule has 224 valence electrons. The van der Waals surface area contributed by atoms with E-state index in [9.17, 15) is 18.4 Å². The zero-order valence-electron chi connectivity index (χ0n) is 23.3. The quantitative estimate of drug-likeness (QED) is 0.430. The van der Waals surface area contributed by atoms with Gasteiger partial charge in [-0.25, -0.2) is 18.6 Å². The molecule has 0 bridgehead atoms. The molecular formula is C28H34F2N8O4. The number of alkyl carbamates (subject to hydrolysis) is 1. The first-order valence-corrected chi connectivity index (χ1v) is 14.3. The Bertz CT molecular complexity index is 1440. The van der Waals surface area contributed by atoms with Crippen LogP contribution in [0.2, 0.25) is 0 Å². The summed E-state index contributed by atoms with van der Waals surface area (Å²) in [6, 6.07) is 8.32. The summed E-state index contributed by atoms with van der Waals surface area (Å²) in [6.07, 6.45) is 0.284. The Morgan fingerprint density at radius 1 is 1.02 bits per heavy atom. The minimum absolute atomic E-state index is 0.0461. The van der Waals surface area contributed by atoms with Crippen molar-refractivity contribution in [3.63, 3.8) is 0 Å². The maximum absolute atomic E-state index is 14.2. The van der Waals surface area contributed by atoms with Crippen LogP contribution in [0.3, 0.4) is 0 Å². The molecule has 2 N–H and O–H groups in total. The van der Waals surface area contributed by atoms with Crippen molar-refractivity contribution in [1.82, 2.24) is 29.7 Å². The number of ether oxygens (including phenoxy) is 2. The van der Waals surface area contributed by atoms with Crippen LogP contribution in [0.15, 0.2) is 30.3 Å². The lowest BCUT2D eigenvalue weighted by Gasteiger charge is -2.35. The van der Waals surface area contributed by atoms with Gasteiger partial charge < -0.3 is 29.9 Å². The first-order chi connectivity index (χ1) is 20.4. The molecule has 1 atom stereocenters. The number of rotatable bonds is 7. The normalized spacial score (nSPS) is 23.0. The zero-order valence-corrected chi connectivity index (χ0v) is 23.3. The molecule has 1 aromatic carbocycles. The average molecular weight is 585 g/mol. The summed E-state index contributed by atoms with van der Waals surface area (Å²) in [5, 5.41) is 6.06.